The number of hydrogen-bond donors (Lipinski definition) is 2. The van der Waals surface area contributed by atoms with E-state index in [0.29, 0.717) is 6.61 Å². The van der Waals surface area contributed by atoms with Gasteiger partial charge in [0.2, 0.25) is 5.95 Å². The van der Waals surface area contributed by atoms with Crippen molar-refractivity contribution < 1.29 is 24.1 Å². The average molecular weight is 300 g/mol. The molecule has 0 saturated carbocycles. The van der Waals surface area contributed by atoms with Crippen molar-refractivity contribution in [2.45, 2.75) is 37.9 Å². The van der Waals surface area contributed by atoms with Gasteiger partial charge in [0.1, 0.15) is 24.6 Å². The summed E-state index contributed by atoms with van der Waals surface area (Å²) in [5.41, 5.74) is 4.74. The van der Waals surface area contributed by atoms with E-state index in [1.54, 1.807) is 6.92 Å². The zero-order chi connectivity index (χ0) is 15.0. The molecule has 2 fully saturated rings. The van der Waals surface area contributed by atoms with Gasteiger partial charge in [-0.15, -0.1) is 0 Å². The zero-order valence-electron chi connectivity index (χ0n) is 11.3. The predicted octanol–water partition coefficient (Wildman–Crippen LogP) is -1.79. The minimum atomic E-state index is -0.851. The molecule has 2 aliphatic rings. The van der Waals surface area contributed by atoms with E-state index < -0.39 is 36.7 Å². The molecule has 1 aromatic rings. The molecule has 10 nitrogen and oxygen atoms in total. The summed E-state index contributed by atoms with van der Waals surface area (Å²) in [4.78, 5) is 19.2. The van der Waals surface area contributed by atoms with Gasteiger partial charge >= 0.3 is 5.69 Å². The molecule has 21 heavy (non-hydrogen) atoms. The molecular weight excluding hydrogens is 284 g/mol. The van der Waals surface area contributed by atoms with Gasteiger partial charge in [-0.1, -0.05) is 0 Å². The molecule has 0 spiro atoms. The fraction of sp³-hybridized carbons (Fsp3) is 0.727. The van der Waals surface area contributed by atoms with Gasteiger partial charge in [0.15, 0.2) is 6.23 Å². The van der Waals surface area contributed by atoms with Gasteiger partial charge in [-0.05, 0) is 6.92 Å². The second-order valence-corrected chi connectivity index (χ2v) is 4.60. The Bertz CT molecular complexity index is 566. The molecule has 10 heteroatoms. The molecule has 0 aromatic carbocycles. The second kappa shape index (κ2) is 5.66. The maximum absolute atomic E-state index is 11.9. The van der Waals surface area contributed by atoms with Gasteiger partial charge in [-0.3, -0.25) is 4.57 Å². The van der Waals surface area contributed by atoms with Crippen LogP contribution in [-0.4, -0.2) is 57.6 Å². The third kappa shape index (κ3) is 2.51. The van der Waals surface area contributed by atoms with Crippen LogP contribution in [-0.2, 0) is 18.9 Å². The van der Waals surface area contributed by atoms with E-state index in [0.717, 1.165) is 4.57 Å². The Hall–Kier alpha value is -1.59. The quantitative estimate of drug-likeness (QED) is 0.662. The molecule has 0 amide bonds. The van der Waals surface area contributed by atoms with Gasteiger partial charge < -0.3 is 29.8 Å². The van der Waals surface area contributed by atoms with Crippen LogP contribution in [0.2, 0.25) is 0 Å². The Kier molecular flexibility index (Phi) is 3.87. The van der Waals surface area contributed by atoms with E-state index in [9.17, 15) is 9.90 Å². The van der Waals surface area contributed by atoms with Crippen molar-refractivity contribution >= 4 is 5.95 Å². The number of anilines is 1. The standard InChI is InChI=1S/C11H16N4O6/c1-2-18-11-20-6-5(3-16)19-8(7(6)21-11)15-4-13-9(12)14-10(15)17/h4-8,11,16H,2-3H2,1H3,(H2,12,14,17)/t5-,6+,7?,8-,11?/m1/s1. The number of aliphatic hydroxyl groups is 1. The summed E-state index contributed by atoms with van der Waals surface area (Å²) in [6.07, 6.45) is -1.37. The zero-order valence-corrected chi connectivity index (χ0v) is 11.3. The molecule has 0 aliphatic carbocycles. The molecule has 3 heterocycles. The monoisotopic (exact) mass is 300 g/mol. The fourth-order valence-corrected chi connectivity index (χ4v) is 2.42. The second-order valence-electron chi connectivity index (χ2n) is 4.60. The maximum atomic E-state index is 11.9. The molecule has 2 unspecified atom stereocenters. The summed E-state index contributed by atoms with van der Waals surface area (Å²) in [5.74, 6) is -0.125. The van der Waals surface area contributed by atoms with Crippen LogP contribution in [0.1, 0.15) is 13.2 Å². The first kappa shape index (κ1) is 14.4. The third-order valence-electron chi connectivity index (χ3n) is 3.32. The Morgan fingerprint density at radius 2 is 2.19 bits per heavy atom. The van der Waals surface area contributed by atoms with Crippen molar-refractivity contribution in [3.8, 4) is 0 Å². The number of hydrogen-bond acceptors (Lipinski definition) is 9. The van der Waals surface area contributed by atoms with Crippen LogP contribution < -0.4 is 11.4 Å². The third-order valence-corrected chi connectivity index (χ3v) is 3.32. The van der Waals surface area contributed by atoms with Gasteiger partial charge in [-0.25, -0.2) is 9.78 Å². The number of nitrogen functional groups attached to an aromatic ring is 1. The molecule has 1 aromatic heterocycles. The Labute approximate surface area is 119 Å². The minimum Gasteiger partial charge on any atom is -0.394 e. The van der Waals surface area contributed by atoms with Gasteiger partial charge in [0, 0.05) is 6.61 Å². The lowest BCUT2D eigenvalue weighted by Gasteiger charge is -2.20. The first-order valence-corrected chi connectivity index (χ1v) is 6.53. The highest BCUT2D eigenvalue weighted by atomic mass is 16.9. The van der Waals surface area contributed by atoms with Gasteiger partial charge in [-0.2, -0.15) is 4.98 Å². The van der Waals surface area contributed by atoms with Crippen LogP contribution in [0.25, 0.3) is 0 Å². The summed E-state index contributed by atoms with van der Waals surface area (Å²) < 4.78 is 23.1. The molecule has 0 bridgehead atoms. The van der Waals surface area contributed by atoms with E-state index >= 15 is 0 Å². The number of nitrogens with two attached hydrogens (primary N) is 1. The van der Waals surface area contributed by atoms with Crippen LogP contribution in [0.15, 0.2) is 11.1 Å². The molecule has 2 saturated heterocycles. The number of aliphatic hydroxyl groups excluding tert-OH is 1. The smallest absolute Gasteiger partial charge is 0.354 e. The molecular formula is C11H16N4O6. The van der Waals surface area contributed by atoms with Gasteiger partial charge in [0.25, 0.3) is 6.48 Å². The van der Waals surface area contributed by atoms with Crippen LogP contribution >= 0.6 is 0 Å². The van der Waals surface area contributed by atoms with Crippen LogP contribution in [0.5, 0.6) is 0 Å². The Morgan fingerprint density at radius 3 is 2.86 bits per heavy atom. The minimum absolute atomic E-state index is 0.125. The van der Waals surface area contributed by atoms with Crippen LogP contribution in [0.3, 0.4) is 0 Å². The SMILES string of the molecule is CCOC1OC2[C@@H](O1)[C@@H](CO)O[C@H]2n1cnc(N)nc1=O. The van der Waals surface area contributed by atoms with Crippen LogP contribution in [0, 0.1) is 0 Å². The number of ether oxygens (including phenoxy) is 4. The fourth-order valence-electron chi connectivity index (χ4n) is 2.42. The van der Waals surface area contributed by atoms with Crippen molar-refractivity contribution in [1.82, 2.24) is 14.5 Å². The summed E-state index contributed by atoms with van der Waals surface area (Å²) in [5, 5.41) is 9.37. The number of aromatic nitrogens is 3. The van der Waals surface area contributed by atoms with E-state index in [1.165, 1.54) is 6.33 Å². The first-order valence-electron chi connectivity index (χ1n) is 6.53. The largest absolute Gasteiger partial charge is 0.394 e. The van der Waals surface area contributed by atoms with Crippen LogP contribution in [0.4, 0.5) is 5.95 Å². The first-order chi connectivity index (χ1) is 10.1. The van der Waals surface area contributed by atoms with Crippen molar-refractivity contribution in [3.63, 3.8) is 0 Å². The molecule has 116 valence electrons. The number of rotatable bonds is 4. The van der Waals surface area contributed by atoms with E-state index in [2.05, 4.69) is 9.97 Å². The summed E-state index contributed by atoms with van der Waals surface area (Å²) >= 11 is 0. The maximum Gasteiger partial charge on any atom is 0.354 e. The lowest BCUT2D eigenvalue weighted by atomic mass is 10.1. The molecule has 0 radical (unpaired) electrons. The number of fused-ring (bicyclic) bond motifs is 1. The predicted molar refractivity (Wildman–Crippen MR) is 66.9 cm³/mol. The molecule has 5 atom stereocenters. The van der Waals surface area contributed by atoms with E-state index in [-0.39, 0.29) is 12.6 Å². The highest BCUT2D eigenvalue weighted by Gasteiger charge is 2.54. The van der Waals surface area contributed by atoms with E-state index in [4.69, 9.17) is 24.7 Å². The lowest BCUT2D eigenvalue weighted by Crippen LogP contribution is -2.35. The summed E-state index contributed by atoms with van der Waals surface area (Å²) in [7, 11) is 0. The summed E-state index contributed by atoms with van der Waals surface area (Å²) in [6, 6.07) is 0. The summed E-state index contributed by atoms with van der Waals surface area (Å²) in [6.45, 7) is 1.08. The van der Waals surface area contributed by atoms with Crippen molar-refractivity contribution in [2.75, 3.05) is 18.9 Å². The normalized spacial score (nSPS) is 35.0. The highest BCUT2D eigenvalue weighted by Crippen LogP contribution is 2.38. The highest BCUT2D eigenvalue weighted by molar-refractivity contribution is 5.10. The van der Waals surface area contributed by atoms with Gasteiger partial charge in [0.05, 0.1) is 6.61 Å². The topological polar surface area (TPSA) is 131 Å². The van der Waals surface area contributed by atoms with Crippen molar-refractivity contribution in [2.24, 2.45) is 0 Å². The molecule has 2 aliphatic heterocycles. The molecule has 3 rings (SSSR count). The van der Waals surface area contributed by atoms with E-state index in [1.807, 2.05) is 0 Å². The number of nitrogens with zero attached hydrogens (tertiary/aromatic N) is 3. The lowest BCUT2D eigenvalue weighted by molar-refractivity contribution is -0.266. The van der Waals surface area contributed by atoms with Crippen molar-refractivity contribution in [3.05, 3.63) is 16.8 Å². The Morgan fingerprint density at radius 1 is 1.43 bits per heavy atom. The van der Waals surface area contributed by atoms with Crippen molar-refractivity contribution in [1.29, 1.82) is 0 Å². The molecule has 3 N–H and O–H groups in total. The Balaban J connectivity index is 1.87. The average Bonchev–Trinajstić information content (AvgIpc) is 2.98.